The summed E-state index contributed by atoms with van der Waals surface area (Å²) in [6, 6.07) is 42.5. The van der Waals surface area contributed by atoms with E-state index in [1.165, 1.54) is 33.8 Å². The van der Waals surface area contributed by atoms with Crippen molar-refractivity contribution in [2.45, 2.75) is 50.1 Å². The molecule has 0 aromatic heterocycles. The van der Waals surface area contributed by atoms with Gasteiger partial charge in [0.1, 0.15) is 0 Å². The van der Waals surface area contributed by atoms with Gasteiger partial charge >= 0.3 is 0 Å². The third-order valence-corrected chi connectivity index (χ3v) is 11.0. The highest BCUT2D eigenvalue weighted by Gasteiger charge is 2.46. The van der Waals surface area contributed by atoms with E-state index in [0.717, 1.165) is 40.8 Å². The van der Waals surface area contributed by atoms with Gasteiger partial charge in [-0.15, -0.1) is 0 Å². The van der Waals surface area contributed by atoms with Gasteiger partial charge in [-0.05, 0) is 103 Å². The first-order valence-electron chi connectivity index (χ1n) is 17.1. The highest BCUT2D eigenvalue weighted by atomic mass is 15.2. The minimum atomic E-state index is -0.187. The molecule has 0 saturated carbocycles. The number of hydrogen-bond donors (Lipinski definition) is 0. The molecule has 4 unspecified atom stereocenters. The van der Waals surface area contributed by atoms with Crippen molar-refractivity contribution < 1.29 is 0 Å². The van der Waals surface area contributed by atoms with Gasteiger partial charge in [-0.2, -0.15) is 5.26 Å². The molecule has 3 heteroatoms. The molecular weight excluding hydrogens is 583 g/mol. The van der Waals surface area contributed by atoms with E-state index in [2.05, 4.69) is 163 Å². The first kappa shape index (κ1) is 28.6. The van der Waals surface area contributed by atoms with Gasteiger partial charge < -0.3 is 9.80 Å². The lowest BCUT2D eigenvalue weighted by molar-refractivity contribution is 0.542. The van der Waals surface area contributed by atoms with Crippen molar-refractivity contribution in [3.8, 4) is 28.3 Å². The summed E-state index contributed by atoms with van der Waals surface area (Å²) in [6.07, 6.45) is 15.9. The second-order valence-electron chi connectivity index (χ2n) is 13.8. The van der Waals surface area contributed by atoms with Gasteiger partial charge in [-0.1, -0.05) is 103 Å². The molecule has 0 amide bonds. The Hall–Kier alpha value is -5.59. The van der Waals surface area contributed by atoms with Crippen molar-refractivity contribution in [1.82, 2.24) is 0 Å². The number of allylic oxidation sites excluding steroid dienone is 3. The van der Waals surface area contributed by atoms with Crippen molar-refractivity contribution in [2.75, 3.05) is 9.80 Å². The molecule has 9 rings (SSSR count). The molecule has 0 N–H and O–H groups in total. The molecule has 2 aliphatic heterocycles. The van der Waals surface area contributed by atoms with E-state index >= 15 is 0 Å². The van der Waals surface area contributed by atoms with E-state index in [1.807, 2.05) is 12.1 Å². The number of hydrogen-bond acceptors (Lipinski definition) is 3. The van der Waals surface area contributed by atoms with Crippen LogP contribution in [0, 0.1) is 18.3 Å². The normalized spacial score (nSPS) is 23.0. The Kier molecular flexibility index (Phi) is 6.56. The van der Waals surface area contributed by atoms with E-state index in [-0.39, 0.29) is 5.54 Å². The molecule has 48 heavy (non-hydrogen) atoms. The van der Waals surface area contributed by atoms with Crippen LogP contribution in [0.15, 0.2) is 146 Å². The molecule has 0 saturated heterocycles. The van der Waals surface area contributed by atoms with Gasteiger partial charge in [-0.3, -0.25) is 0 Å². The number of aryl methyl sites for hydroxylation is 1. The van der Waals surface area contributed by atoms with Crippen LogP contribution in [0.5, 0.6) is 0 Å². The van der Waals surface area contributed by atoms with Crippen LogP contribution < -0.4 is 9.80 Å². The molecule has 0 fully saturated rings. The van der Waals surface area contributed by atoms with Gasteiger partial charge in [0.2, 0.25) is 0 Å². The summed E-state index contributed by atoms with van der Waals surface area (Å²) in [5.41, 5.74) is 13.6. The van der Waals surface area contributed by atoms with Gasteiger partial charge in [0.15, 0.2) is 0 Å². The predicted octanol–water partition coefficient (Wildman–Crippen LogP) is 11.3. The Morgan fingerprint density at radius 2 is 1.50 bits per heavy atom. The summed E-state index contributed by atoms with van der Waals surface area (Å²) < 4.78 is 0. The van der Waals surface area contributed by atoms with Gasteiger partial charge in [0.05, 0.1) is 22.9 Å². The molecule has 5 aromatic rings. The molecule has 4 atom stereocenters. The van der Waals surface area contributed by atoms with Crippen molar-refractivity contribution in [2.24, 2.45) is 0 Å². The molecule has 0 spiro atoms. The zero-order chi connectivity index (χ0) is 32.4. The molecule has 3 nitrogen and oxygen atoms in total. The predicted molar refractivity (Wildman–Crippen MR) is 198 cm³/mol. The second kappa shape index (κ2) is 11.0. The van der Waals surface area contributed by atoms with Crippen LogP contribution in [-0.4, -0.2) is 11.6 Å². The highest BCUT2D eigenvalue weighted by molar-refractivity contribution is 5.91. The minimum Gasteiger partial charge on any atom is -0.337 e. The van der Waals surface area contributed by atoms with E-state index in [9.17, 15) is 5.26 Å². The number of para-hydroxylation sites is 2. The van der Waals surface area contributed by atoms with E-state index in [1.54, 1.807) is 0 Å². The summed E-state index contributed by atoms with van der Waals surface area (Å²) >= 11 is 0. The van der Waals surface area contributed by atoms with Gasteiger partial charge in [-0.25, -0.2) is 0 Å². The molecular formula is C45H37N3. The number of anilines is 4. The quantitative estimate of drug-likeness (QED) is 0.188. The molecule has 0 radical (unpaired) electrons. The maximum Gasteiger partial charge on any atom is 0.0998 e. The van der Waals surface area contributed by atoms with Crippen molar-refractivity contribution in [3.63, 3.8) is 0 Å². The lowest BCUT2D eigenvalue weighted by Crippen LogP contribution is -2.41. The Bertz CT molecular complexity index is 2230. The maximum absolute atomic E-state index is 10.5. The van der Waals surface area contributed by atoms with Gasteiger partial charge in [0.25, 0.3) is 0 Å². The van der Waals surface area contributed by atoms with Gasteiger partial charge in [0, 0.05) is 40.5 Å². The molecule has 2 aliphatic carbocycles. The van der Waals surface area contributed by atoms with E-state index in [4.69, 9.17) is 0 Å². The zero-order valence-electron chi connectivity index (χ0n) is 27.3. The smallest absolute Gasteiger partial charge is 0.0998 e. The van der Waals surface area contributed by atoms with E-state index in [0.29, 0.717) is 23.4 Å². The Morgan fingerprint density at radius 1 is 0.729 bits per heavy atom. The molecule has 2 heterocycles. The summed E-state index contributed by atoms with van der Waals surface area (Å²) in [5.74, 6) is 0.653. The van der Waals surface area contributed by atoms with Crippen LogP contribution in [-0.2, 0) is 0 Å². The summed E-state index contributed by atoms with van der Waals surface area (Å²) in [4.78, 5) is 5.03. The first-order valence-corrected chi connectivity index (χ1v) is 17.1. The van der Waals surface area contributed by atoms with Crippen molar-refractivity contribution >= 4 is 22.7 Å². The third-order valence-electron chi connectivity index (χ3n) is 11.0. The molecule has 0 bridgehead atoms. The van der Waals surface area contributed by atoms with Crippen LogP contribution in [0.4, 0.5) is 22.7 Å². The SMILES string of the molecule is Cc1cc(-c2cccc(N3c4ccccc4C4C=CC=CC43C)c2)cc(-c2c(C#N)cccc2N2c3ccccc3C3C=CCCC32)c1. The van der Waals surface area contributed by atoms with Crippen LogP contribution in [0.2, 0.25) is 0 Å². The standard InChI is InChI=1S/C45H37N3/c1-30-25-33(31-13-11-15-35(28-31)48-42-22-8-5-18-38(42)39-19-9-10-24-45(39,48)2)27-34(26-30)44-32(29-46)14-12-23-43(44)47-40-20-6-3-16-36(40)37-17-4-7-21-41(37)47/h3-6,8-20,22-28,37,39,41H,7,21H2,1-2H3. The summed E-state index contributed by atoms with van der Waals surface area (Å²) in [5, 5.41) is 10.5. The fourth-order valence-corrected chi connectivity index (χ4v) is 8.94. The lowest BCUT2D eigenvalue weighted by Gasteiger charge is -2.39. The molecule has 4 aliphatic rings. The monoisotopic (exact) mass is 619 g/mol. The Labute approximate surface area is 283 Å². The van der Waals surface area contributed by atoms with Crippen molar-refractivity contribution in [1.29, 1.82) is 5.26 Å². The highest BCUT2D eigenvalue weighted by Crippen LogP contribution is 2.55. The largest absolute Gasteiger partial charge is 0.337 e. The molecule has 232 valence electrons. The van der Waals surface area contributed by atoms with Crippen molar-refractivity contribution in [3.05, 3.63) is 168 Å². The summed E-state index contributed by atoms with van der Waals surface area (Å²) in [6.45, 7) is 4.51. The Balaban J connectivity index is 1.17. The summed E-state index contributed by atoms with van der Waals surface area (Å²) in [7, 11) is 0. The van der Waals surface area contributed by atoms with Crippen LogP contribution in [0.1, 0.15) is 53.9 Å². The minimum absolute atomic E-state index is 0.187. The number of nitrogens with zero attached hydrogens (tertiary/aromatic N) is 3. The maximum atomic E-state index is 10.5. The molecule has 5 aromatic carbocycles. The van der Waals surface area contributed by atoms with Crippen LogP contribution in [0.25, 0.3) is 22.3 Å². The van der Waals surface area contributed by atoms with Crippen LogP contribution in [0.3, 0.4) is 0 Å². The fraction of sp³-hybridized carbons (Fsp3) is 0.178. The average molecular weight is 620 g/mol. The fourth-order valence-electron chi connectivity index (χ4n) is 8.94. The first-order chi connectivity index (χ1) is 23.5. The average Bonchev–Trinajstić information content (AvgIpc) is 3.60. The zero-order valence-corrected chi connectivity index (χ0v) is 27.3. The number of rotatable bonds is 4. The lowest BCUT2D eigenvalue weighted by atomic mass is 9.80. The second-order valence-corrected chi connectivity index (χ2v) is 13.8. The number of fused-ring (bicyclic) bond motifs is 6. The Morgan fingerprint density at radius 3 is 2.38 bits per heavy atom. The number of nitriles is 1. The topological polar surface area (TPSA) is 30.3 Å². The van der Waals surface area contributed by atoms with E-state index < -0.39 is 0 Å². The number of benzene rings is 5. The third kappa shape index (κ3) is 4.26. The van der Waals surface area contributed by atoms with Crippen LogP contribution >= 0.6 is 0 Å².